The van der Waals surface area contributed by atoms with E-state index in [1.54, 1.807) is 45.0 Å². The Hall–Kier alpha value is -3.60. The second-order valence-corrected chi connectivity index (χ2v) is 6.07. The summed E-state index contributed by atoms with van der Waals surface area (Å²) < 4.78 is 10.2. The van der Waals surface area contributed by atoms with Crippen molar-refractivity contribution in [3.8, 4) is 6.07 Å². The van der Waals surface area contributed by atoms with Crippen LogP contribution in [0.25, 0.3) is 0 Å². The molecule has 2 rings (SSSR count). The van der Waals surface area contributed by atoms with E-state index in [4.69, 9.17) is 14.7 Å². The second kappa shape index (κ2) is 8.86. The summed E-state index contributed by atoms with van der Waals surface area (Å²) in [6, 6.07) is 8.28. The number of ether oxygens (including phenoxy) is 2. The number of hydrogen-bond acceptors (Lipinski definition) is 6. The van der Waals surface area contributed by atoms with Gasteiger partial charge in [0.2, 0.25) is 0 Å². The number of nitrogens with zero attached hydrogens (tertiary/aromatic N) is 1. The van der Waals surface area contributed by atoms with Gasteiger partial charge in [-0.1, -0.05) is 0 Å². The number of nitrogens with one attached hydrogen (secondary N) is 2. The van der Waals surface area contributed by atoms with Crippen molar-refractivity contribution in [3.63, 3.8) is 0 Å². The van der Waals surface area contributed by atoms with Crippen molar-refractivity contribution < 1.29 is 23.9 Å². The van der Waals surface area contributed by atoms with Crippen LogP contribution in [0, 0.1) is 25.2 Å². The summed E-state index contributed by atoms with van der Waals surface area (Å²) in [5.74, 6) is -1.80. The first kappa shape index (κ1) is 20.7. The van der Waals surface area contributed by atoms with Crippen LogP contribution in [0.4, 0.5) is 5.69 Å². The maximum atomic E-state index is 12.5. The number of aryl methyl sites for hydroxylation is 1. The van der Waals surface area contributed by atoms with E-state index >= 15 is 0 Å². The Bertz CT molecular complexity index is 938. The standard InChI is InChI=1S/C20H21N3O5/c1-5-27-20(26)17-11(2)16(12(3)22-17)19(25)28-13(4)18(24)23-15-8-6-14(10-21)7-9-15/h6-9,13,22H,5H2,1-4H3,(H,23,24)/t13-/m1/s1. The van der Waals surface area contributed by atoms with E-state index in [2.05, 4.69) is 10.3 Å². The van der Waals surface area contributed by atoms with Gasteiger partial charge in [0.25, 0.3) is 5.91 Å². The number of aromatic nitrogens is 1. The lowest BCUT2D eigenvalue weighted by Gasteiger charge is -2.14. The smallest absolute Gasteiger partial charge is 0.355 e. The number of H-pyrrole nitrogens is 1. The average Bonchev–Trinajstić information content (AvgIpc) is 2.96. The first-order valence-electron chi connectivity index (χ1n) is 8.66. The maximum absolute atomic E-state index is 12.5. The number of hydrogen-bond donors (Lipinski definition) is 2. The Labute approximate surface area is 162 Å². The van der Waals surface area contributed by atoms with Gasteiger partial charge in [0.05, 0.1) is 23.8 Å². The molecule has 0 saturated carbocycles. The third-order valence-electron chi connectivity index (χ3n) is 4.06. The molecule has 0 fully saturated rings. The molecule has 0 radical (unpaired) electrons. The SMILES string of the molecule is CCOC(=O)c1[nH]c(C)c(C(=O)O[C@H](C)C(=O)Nc2ccc(C#N)cc2)c1C. The molecule has 2 N–H and O–H groups in total. The van der Waals surface area contributed by atoms with Gasteiger partial charge in [0.1, 0.15) is 5.69 Å². The van der Waals surface area contributed by atoms with Crippen LogP contribution >= 0.6 is 0 Å². The highest BCUT2D eigenvalue weighted by Gasteiger charge is 2.26. The van der Waals surface area contributed by atoms with Gasteiger partial charge in [0, 0.05) is 11.4 Å². The number of aromatic amines is 1. The highest BCUT2D eigenvalue weighted by Crippen LogP contribution is 2.20. The summed E-state index contributed by atoms with van der Waals surface area (Å²) in [6.07, 6.45) is -1.07. The lowest BCUT2D eigenvalue weighted by molar-refractivity contribution is -0.123. The van der Waals surface area contributed by atoms with Crippen molar-refractivity contribution in [2.24, 2.45) is 0 Å². The monoisotopic (exact) mass is 383 g/mol. The molecule has 8 nitrogen and oxygen atoms in total. The normalized spacial score (nSPS) is 11.2. The summed E-state index contributed by atoms with van der Waals surface area (Å²) >= 11 is 0. The Morgan fingerprint density at radius 3 is 2.39 bits per heavy atom. The van der Waals surface area contributed by atoms with Gasteiger partial charge in [-0.05, 0) is 57.5 Å². The molecule has 1 aromatic heterocycles. The molecule has 0 aliphatic heterocycles. The number of rotatable bonds is 6. The van der Waals surface area contributed by atoms with Gasteiger partial charge in [-0.2, -0.15) is 5.26 Å². The lowest BCUT2D eigenvalue weighted by atomic mass is 10.1. The summed E-state index contributed by atoms with van der Waals surface area (Å²) in [5.41, 5.74) is 2.17. The molecule has 1 heterocycles. The molecular weight excluding hydrogens is 362 g/mol. The number of nitriles is 1. The Morgan fingerprint density at radius 2 is 1.82 bits per heavy atom. The number of esters is 2. The molecule has 1 aromatic carbocycles. The van der Waals surface area contributed by atoms with Crippen LogP contribution < -0.4 is 5.32 Å². The minimum Gasteiger partial charge on any atom is -0.461 e. The van der Waals surface area contributed by atoms with Crippen LogP contribution in [0.5, 0.6) is 0 Å². The highest BCUT2D eigenvalue weighted by atomic mass is 16.5. The number of carbonyl (C=O) groups is 3. The van der Waals surface area contributed by atoms with Crippen LogP contribution in [0.1, 0.15) is 51.5 Å². The number of carbonyl (C=O) groups excluding carboxylic acids is 3. The quantitative estimate of drug-likeness (QED) is 0.740. The van der Waals surface area contributed by atoms with Crippen molar-refractivity contribution in [2.75, 3.05) is 11.9 Å². The first-order chi connectivity index (χ1) is 13.3. The number of amides is 1. The zero-order valence-corrected chi connectivity index (χ0v) is 16.1. The second-order valence-electron chi connectivity index (χ2n) is 6.07. The fourth-order valence-electron chi connectivity index (χ4n) is 2.61. The van der Waals surface area contributed by atoms with Crippen molar-refractivity contribution in [1.82, 2.24) is 4.98 Å². The van der Waals surface area contributed by atoms with Gasteiger partial charge in [-0.15, -0.1) is 0 Å². The minimum atomic E-state index is -1.07. The van der Waals surface area contributed by atoms with Gasteiger partial charge in [-0.25, -0.2) is 9.59 Å². The van der Waals surface area contributed by atoms with E-state index < -0.39 is 23.9 Å². The average molecular weight is 383 g/mol. The fourth-order valence-corrected chi connectivity index (χ4v) is 2.61. The molecule has 0 spiro atoms. The molecule has 2 aromatic rings. The van der Waals surface area contributed by atoms with E-state index in [0.29, 0.717) is 22.5 Å². The molecule has 0 unspecified atom stereocenters. The summed E-state index contributed by atoms with van der Waals surface area (Å²) in [7, 11) is 0. The molecule has 28 heavy (non-hydrogen) atoms. The predicted molar refractivity (Wildman–Crippen MR) is 101 cm³/mol. The number of anilines is 1. The van der Waals surface area contributed by atoms with Crippen molar-refractivity contribution in [3.05, 3.63) is 52.3 Å². The van der Waals surface area contributed by atoms with Crippen molar-refractivity contribution in [1.29, 1.82) is 5.26 Å². The summed E-state index contributed by atoms with van der Waals surface area (Å²) in [5, 5.41) is 11.4. The molecule has 0 bridgehead atoms. The van der Waals surface area contributed by atoms with Crippen LogP contribution in [0.15, 0.2) is 24.3 Å². The molecular formula is C20H21N3O5. The van der Waals surface area contributed by atoms with E-state index in [1.807, 2.05) is 6.07 Å². The molecule has 0 aliphatic rings. The van der Waals surface area contributed by atoms with E-state index in [9.17, 15) is 14.4 Å². The fraction of sp³-hybridized carbons (Fsp3) is 0.300. The van der Waals surface area contributed by atoms with Crippen LogP contribution in [-0.4, -0.2) is 35.5 Å². The lowest BCUT2D eigenvalue weighted by Crippen LogP contribution is -2.30. The molecule has 146 valence electrons. The third kappa shape index (κ3) is 4.57. The number of benzene rings is 1. The van der Waals surface area contributed by atoms with Gasteiger partial charge >= 0.3 is 11.9 Å². The Morgan fingerprint density at radius 1 is 1.18 bits per heavy atom. The van der Waals surface area contributed by atoms with E-state index in [-0.39, 0.29) is 17.9 Å². The molecule has 1 amide bonds. The third-order valence-corrected chi connectivity index (χ3v) is 4.06. The van der Waals surface area contributed by atoms with E-state index in [0.717, 1.165) is 0 Å². The molecule has 1 atom stereocenters. The van der Waals surface area contributed by atoms with Gasteiger partial charge in [0.15, 0.2) is 6.10 Å². The molecule has 0 aliphatic carbocycles. The molecule has 8 heteroatoms. The van der Waals surface area contributed by atoms with Gasteiger partial charge < -0.3 is 19.8 Å². The van der Waals surface area contributed by atoms with Crippen LogP contribution in [-0.2, 0) is 14.3 Å². The van der Waals surface area contributed by atoms with Crippen molar-refractivity contribution in [2.45, 2.75) is 33.8 Å². The zero-order valence-electron chi connectivity index (χ0n) is 16.1. The highest BCUT2D eigenvalue weighted by molar-refractivity contribution is 6.01. The molecule has 0 saturated heterocycles. The predicted octanol–water partition coefficient (Wildman–Crippen LogP) is 2.86. The minimum absolute atomic E-state index is 0.181. The van der Waals surface area contributed by atoms with Crippen LogP contribution in [0.3, 0.4) is 0 Å². The first-order valence-corrected chi connectivity index (χ1v) is 8.66. The van der Waals surface area contributed by atoms with Crippen LogP contribution in [0.2, 0.25) is 0 Å². The maximum Gasteiger partial charge on any atom is 0.355 e. The van der Waals surface area contributed by atoms with Crippen molar-refractivity contribution >= 4 is 23.5 Å². The zero-order chi connectivity index (χ0) is 20.8. The Balaban J connectivity index is 2.08. The topological polar surface area (TPSA) is 121 Å². The Kier molecular flexibility index (Phi) is 6.55. The van der Waals surface area contributed by atoms with E-state index in [1.165, 1.54) is 6.92 Å². The largest absolute Gasteiger partial charge is 0.461 e. The summed E-state index contributed by atoms with van der Waals surface area (Å²) in [6.45, 7) is 6.58. The summed E-state index contributed by atoms with van der Waals surface area (Å²) in [4.78, 5) is 39.6. The van der Waals surface area contributed by atoms with Gasteiger partial charge in [-0.3, -0.25) is 4.79 Å².